The molecule has 0 radical (unpaired) electrons. The summed E-state index contributed by atoms with van der Waals surface area (Å²) in [6.07, 6.45) is 2.65. The van der Waals surface area contributed by atoms with Crippen molar-refractivity contribution in [2.24, 2.45) is 0 Å². The van der Waals surface area contributed by atoms with Crippen molar-refractivity contribution in [1.82, 2.24) is 19.9 Å². The van der Waals surface area contributed by atoms with Crippen molar-refractivity contribution in [2.45, 2.75) is 78.2 Å². The molecule has 0 bridgehead atoms. The molecule has 0 unspecified atom stereocenters. The maximum atomic E-state index is 12.0. The third kappa shape index (κ3) is 8.83. The van der Waals surface area contributed by atoms with Crippen LogP contribution in [-0.4, -0.2) is 47.5 Å². The number of fused-ring (bicyclic) bond motifs is 1. The highest BCUT2D eigenvalue weighted by Crippen LogP contribution is 2.27. The van der Waals surface area contributed by atoms with Gasteiger partial charge < -0.3 is 29.1 Å². The quantitative estimate of drug-likeness (QED) is 0.165. The summed E-state index contributed by atoms with van der Waals surface area (Å²) in [5, 5.41) is 7.14. The number of hydrogen-bond donors (Lipinski definition) is 2. The number of carbonyl (C=O) groups excluding carboxylic acids is 1. The monoisotopic (exact) mass is 535 g/mol. The number of aromatic nitrogens is 3. The molecule has 3 aromatic rings. The SMILES string of the molecule is CC(C)(C)OC(=O)NCCCc1cc2c(NCc3ccco3)nc(Cl)nc2n1COCC[Si](C)(C)C. The van der Waals surface area contributed by atoms with E-state index in [2.05, 4.69) is 46.3 Å². The number of aryl methyl sites for hydroxylation is 1. The molecule has 3 heterocycles. The van der Waals surface area contributed by atoms with Crippen molar-refractivity contribution in [3.05, 3.63) is 41.2 Å². The molecular weight excluding hydrogens is 498 g/mol. The molecule has 0 fully saturated rings. The van der Waals surface area contributed by atoms with Crippen molar-refractivity contribution in [1.29, 1.82) is 0 Å². The Bertz CT molecular complexity index is 1140. The van der Waals surface area contributed by atoms with Gasteiger partial charge >= 0.3 is 6.09 Å². The highest BCUT2D eigenvalue weighted by atomic mass is 35.5. The second kappa shape index (κ2) is 12.1. The van der Waals surface area contributed by atoms with Crippen LogP contribution in [0.25, 0.3) is 11.0 Å². The number of anilines is 1. The predicted molar refractivity (Wildman–Crippen MR) is 145 cm³/mol. The van der Waals surface area contributed by atoms with Crippen LogP contribution in [0.15, 0.2) is 28.9 Å². The number of hydrogen-bond acceptors (Lipinski definition) is 7. The fraction of sp³-hybridized carbons (Fsp3) is 0.560. The van der Waals surface area contributed by atoms with Gasteiger partial charge in [0.1, 0.15) is 29.6 Å². The topological polar surface area (TPSA) is 103 Å². The van der Waals surface area contributed by atoms with Crippen LogP contribution in [0.3, 0.4) is 0 Å². The van der Waals surface area contributed by atoms with Gasteiger partial charge in [-0.05, 0) is 69.5 Å². The van der Waals surface area contributed by atoms with Gasteiger partial charge in [0.2, 0.25) is 5.28 Å². The van der Waals surface area contributed by atoms with E-state index in [4.69, 9.17) is 25.5 Å². The fourth-order valence-electron chi connectivity index (χ4n) is 3.53. The second-order valence-electron chi connectivity index (χ2n) is 11.0. The largest absolute Gasteiger partial charge is 0.467 e. The minimum Gasteiger partial charge on any atom is -0.467 e. The molecule has 1 amide bonds. The van der Waals surface area contributed by atoms with Gasteiger partial charge in [0, 0.05) is 26.9 Å². The molecule has 11 heteroatoms. The molecule has 0 aliphatic rings. The molecule has 0 atom stereocenters. The van der Waals surface area contributed by atoms with Crippen molar-refractivity contribution in [3.8, 4) is 0 Å². The predicted octanol–water partition coefficient (Wildman–Crippen LogP) is 6.06. The normalized spacial score (nSPS) is 12.2. The van der Waals surface area contributed by atoms with E-state index >= 15 is 0 Å². The third-order valence-electron chi connectivity index (χ3n) is 5.32. The number of rotatable bonds is 12. The molecule has 0 spiro atoms. The van der Waals surface area contributed by atoms with Gasteiger partial charge in [0.05, 0.1) is 18.2 Å². The minimum absolute atomic E-state index is 0.157. The lowest BCUT2D eigenvalue weighted by molar-refractivity contribution is 0.0527. The maximum Gasteiger partial charge on any atom is 0.407 e. The van der Waals surface area contributed by atoms with E-state index in [1.165, 1.54) is 0 Å². The Kier molecular flexibility index (Phi) is 9.43. The zero-order chi connectivity index (χ0) is 26.3. The molecule has 198 valence electrons. The van der Waals surface area contributed by atoms with Gasteiger partial charge in [0.25, 0.3) is 0 Å². The standard InChI is InChI=1S/C25H38ClN5O4Si/c1-25(2,3)35-24(32)27-11-7-9-18-15-20-21(28-16-19-10-8-12-34-19)29-23(26)30-22(20)31(18)17-33-13-14-36(4,5)6/h8,10,12,15H,7,9,11,13-14,16-17H2,1-6H3,(H,27,32)(H,28,29,30). The summed E-state index contributed by atoms with van der Waals surface area (Å²) < 4.78 is 18.9. The first-order valence-electron chi connectivity index (χ1n) is 12.3. The van der Waals surface area contributed by atoms with E-state index in [-0.39, 0.29) is 5.28 Å². The molecule has 0 saturated heterocycles. The van der Waals surface area contributed by atoms with E-state index in [1.54, 1.807) is 6.26 Å². The second-order valence-corrected chi connectivity index (χ2v) is 16.9. The van der Waals surface area contributed by atoms with E-state index in [9.17, 15) is 4.79 Å². The van der Waals surface area contributed by atoms with Crippen molar-refractivity contribution in [2.75, 3.05) is 18.5 Å². The number of furan rings is 1. The third-order valence-corrected chi connectivity index (χ3v) is 7.19. The maximum absolute atomic E-state index is 12.0. The summed E-state index contributed by atoms with van der Waals surface area (Å²) in [7, 11) is -1.21. The van der Waals surface area contributed by atoms with Crippen molar-refractivity contribution in [3.63, 3.8) is 0 Å². The molecule has 3 rings (SSSR count). The first-order chi connectivity index (χ1) is 16.9. The first kappa shape index (κ1) is 28.0. The number of halogens is 1. The molecule has 2 N–H and O–H groups in total. The molecule has 9 nitrogen and oxygen atoms in total. The number of nitrogens with zero attached hydrogens (tertiary/aromatic N) is 3. The van der Waals surface area contributed by atoms with Gasteiger partial charge in [0.15, 0.2) is 0 Å². The highest BCUT2D eigenvalue weighted by molar-refractivity contribution is 6.76. The summed E-state index contributed by atoms with van der Waals surface area (Å²) in [4.78, 5) is 20.9. The Labute approximate surface area is 218 Å². The van der Waals surface area contributed by atoms with Crippen LogP contribution in [0.5, 0.6) is 0 Å². The summed E-state index contributed by atoms with van der Waals surface area (Å²) in [6, 6.07) is 6.88. The van der Waals surface area contributed by atoms with Crippen molar-refractivity contribution < 1.29 is 18.7 Å². The number of alkyl carbamates (subject to hydrolysis) is 1. The number of amides is 1. The number of ether oxygens (including phenoxy) is 2. The first-order valence-corrected chi connectivity index (χ1v) is 16.4. The molecule has 0 aliphatic heterocycles. The Balaban J connectivity index is 1.76. The van der Waals surface area contributed by atoms with Crippen LogP contribution >= 0.6 is 11.6 Å². The molecule has 36 heavy (non-hydrogen) atoms. The summed E-state index contributed by atoms with van der Waals surface area (Å²) in [5.74, 6) is 1.43. The van der Waals surface area contributed by atoms with Crippen LogP contribution in [0.4, 0.5) is 10.6 Å². The Morgan fingerprint density at radius 3 is 2.69 bits per heavy atom. The molecule has 0 aromatic carbocycles. The van der Waals surface area contributed by atoms with Gasteiger partial charge in [-0.2, -0.15) is 4.98 Å². The average molecular weight is 536 g/mol. The van der Waals surface area contributed by atoms with Crippen molar-refractivity contribution >= 4 is 42.6 Å². The minimum atomic E-state index is -1.21. The summed E-state index contributed by atoms with van der Waals surface area (Å²) in [6.45, 7) is 14.5. The van der Waals surface area contributed by atoms with E-state index < -0.39 is 19.8 Å². The van der Waals surface area contributed by atoms with E-state index in [1.807, 2.05) is 37.5 Å². The van der Waals surface area contributed by atoms with Crippen LogP contribution in [0.1, 0.15) is 38.6 Å². The number of carbonyl (C=O) groups is 1. The summed E-state index contributed by atoms with van der Waals surface area (Å²) in [5.41, 5.74) is 1.21. The molecular formula is C25H38ClN5O4Si. The van der Waals surface area contributed by atoms with Gasteiger partial charge in [-0.25, -0.2) is 9.78 Å². The lowest BCUT2D eigenvalue weighted by Crippen LogP contribution is -2.33. The zero-order valence-corrected chi connectivity index (χ0v) is 23.9. The van der Waals surface area contributed by atoms with E-state index in [0.717, 1.165) is 29.3 Å². The van der Waals surface area contributed by atoms with Gasteiger partial charge in [-0.15, -0.1) is 0 Å². The van der Waals surface area contributed by atoms with Crippen LogP contribution in [0, 0.1) is 0 Å². The Morgan fingerprint density at radius 2 is 2.03 bits per heavy atom. The smallest absolute Gasteiger partial charge is 0.407 e. The number of nitrogens with one attached hydrogen (secondary N) is 2. The van der Waals surface area contributed by atoms with Crippen LogP contribution in [0.2, 0.25) is 31.0 Å². The van der Waals surface area contributed by atoms with Gasteiger partial charge in [-0.1, -0.05) is 19.6 Å². The average Bonchev–Trinajstić information content (AvgIpc) is 3.39. The molecule has 0 aliphatic carbocycles. The van der Waals surface area contributed by atoms with Gasteiger partial charge in [-0.3, -0.25) is 0 Å². The zero-order valence-electron chi connectivity index (χ0n) is 22.1. The fourth-order valence-corrected chi connectivity index (χ4v) is 4.45. The Hall–Kier alpha value is -2.56. The van der Waals surface area contributed by atoms with Crippen LogP contribution in [-0.2, 0) is 29.2 Å². The lowest BCUT2D eigenvalue weighted by atomic mass is 10.2. The molecule has 0 saturated carbocycles. The van der Waals surface area contributed by atoms with E-state index in [0.29, 0.717) is 44.3 Å². The highest BCUT2D eigenvalue weighted by Gasteiger charge is 2.18. The summed E-state index contributed by atoms with van der Waals surface area (Å²) >= 11 is 6.31. The van der Waals surface area contributed by atoms with Crippen LogP contribution < -0.4 is 10.6 Å². The lowest BCUT2D eigenvalue weighted by Gasteiger charge is -2.19. The Morgan fingerprint density at radius 1 is 1.25 bits per heavy atom. The molecule has 3 aromatic heterocycles.